The van der Waals surface area contributed by atoms with Gasteiger partial charge in [-0.15, -0.1) is 0 Å². The molecule has 1 saturated heterocycles. The smallest absolute Gasteiger partial charge is 0.257 e. The highest BCUT2D eigenvalue weighted by Crippen LogP contribution is 2.30. The highest BCUT2D eigenvalue weighted by molar-refractivity contribution is 6.20. The molecule has 2 fully saturated rings. The van der Waals surface area contributed by atoms with E-state index in [1.807, 2.05) is 30.0 Å². The number of amides is 1. The van der Waals surface area contributed by atoms with Crippen molar-refractivity contribution in [2.24, 2.45) is 0 Å². The molecule has 1 saturated carbocycles. The summed E-state index contributed by atoms with van der Waals surface area (Å²) >= 11 is 0. The molecule has 1 heterocycles. The molecule has 0 unspecified atom stereocenters. The number of carbonyl (C=O) groups excluding carboxylic acids is 2. The summed E-state index contributed by atoms with van der Waals surface area (Å²) in [7, 11) is 3.97. The Morgan fingerprint density at radius 2 is 2.06 bits per heavy atom. The van der Waals surface area contributed by atoms with Crippen LogP contribution >= 0.6 is 0 Å². The van der Waals surface area contributed by atoms with Gasteiger partial charge in [-0.25, -0.2) is 0 Å². The molecule has 0 bridgehead atoms. The van der Waals surface area contributed by atoms with E-state index in [0.29, 0.717) is 24.6 Å². The normalized spacial score (nSPS) is 23.9. The molecule has 0 aromatic heterocycles. The summed E-state index contributed by atoms with van der Waals surface area (Å²) in [6.45, 7) is 1.49. The van der Waals surface area contributed by atoms with Gasteiger partial charge in [-0.3, -0.25) is 9.59 Å². The third-order valence-corrected chi connectivity index (χ3v) is 3.28. The lowest BCUT2D eigenvalue weighted by Crippen LogP contribution is -2.42. The number of carbonyl (C=O) groups is 2. The summed E-state index contributed by atoms with van der Waals surface area (Å²) in [5, 5.41) is 0. The maximum atomic E-state index is 12.1. The summed E-state index contributed by atoms with van der Waals surface area (Å²) in [5.41, 5.74) is 0.421. The van der Waals surface area contributed by atoms with Crippen molar-refractivity contribution in [2.45, 2.75) is 31.7 Å². The Balaban J connectivity index is 2.01. The zero-order valence-electron chi connectivity index (χ0n) is 10.6. The molecule has 1 aliphatic carbocycles. The van der Waals surface area contributed by atoms with Gasteiger partial charge in [0.05, 0.1) is 5.57 Å². The van der Waals surface area contributed by atoms with Crippen molar-refractivity contribution in [3.63, 3.8) is 0 Å². The van der Waals surface area contributed by atoms with Gasteiger partial charge in [-0.05, 0) is 33.4 Å². The summed E-state index contributed by atoms with van der Waals surface area (Å²) < 4.78 is 0. The van der Waals surface area contributed by atoms with Gasteiger partial charge in [-0.2, -0.15) is 0 Å². The van der Waals surface area contributed by atoms with Gasteiger partial charge >= 0.3 is 0 Å². The molecule has 1 aliphatic heterocycles. The topological polar surface area (TPSA) is 40.6 Å². The predicted octanol–water partition coefficient (Wildman–Crippen LogP) is 0.828. The van der Waals surface area contributed by atoms with Crippen molar-refractivity contribution in [3.8, 4) is 0 Å². The maximum Gasteiger partial charge on any atom is 0.257 e. The maximum absolute atomic E-state index is 12.1. The molecule has 0 N–H and O–H groups in total. The van der Waals surface area contributed by atoms with E-state index in [1.54, 1.807) is 0 Å². The van der Waals surface area contributed by atoms with E-state index in [1.165, 1.54) is 0 Å². The van der Waals surface area contributed by atoms with Crippen LogP contribution in [0.3, 0.4) is 0 Å². The fraction of sp³-hybridized carbons (Fsp3) is 0.692. The molecule has 94 valence electrons. The lowest BCUT2D eigenvalue weighted by Gasteiger charge is -2.27. The second kappa shape index (κ2) is 5.00. The highest BCUT2D eigenvalue weighted by atomic mass is 16.2. The van der Waals surface area contributed by atoms with Crippen molar-refractivity contribution in [1.82, 2.24) is 9.80 Å². The van der Waals surface area contributed by atoms with E-state index in [9.17, 15) is 9.59 Å². The standard InChI is InChI=1S/C13H20N2O2/c1-14(2)8-3-4-11-12(16)7-9-15(13(11)17)10-5-6-10/h4,10H,3,5-9H2,1-2H3/b11-4+. The van der Waals surface area contributed by atoms with Gasteiger partial charge in [0, 0.05) is 25.6 Å². The van der Waals surface area contributed by atoms with E-state index < -0.39 is 0 Å². The van der Waals surface area contributed by atoms with Gasteiger partial charge in [0.2, 0.25) is 0 Å². The summed E-state index contributed by atoms with van der Waals surface area (Å²) in [4.78, 5) is 27.8. The molecule has 4 nitrogen and oxygen atoms in total. The second-order valence-corrected chi connectivity index (χ2v) is 5.11. The number of hydrogen-bond donors (Lipinski definition) is 0. The van der Waals surface area contributed by atoms with Crippen molar-refractivity contribution in [2.75, 3.05) is 27.2 Å². The first-order valence-electron chi connectivity index (χ1n) is 6.28. The van der Waals surface area contributed by atoms with E-state index in [4.69, 9.17) is 0 Å². The van der Waals surface area contributed by atoms with Crippen LogP contribution in [0.2, 0.25) is 0 Å². The van der Waals surface area contributed by atoms with Crippen LogP contribution in [-0.4, -0.2) is 54.7 Å². The Labute approximate surface area is 102 Å². The first-order chi connectivity index (χ1) is 8.09. The molecule has 17 heavy (non-hydrogen) atoms. The van der Waals surface area contributed by atoms with Crippen molar-refractivity contribution in [3.05, 3.63) is 11.6 Å². The molecule has 4 heteroatoms. The van der Waals surface area contributed by atoms with Gasteiger partial charge < -0.3 is 9.80 Å². The lowest BCUT2D eigenvalue weighted by molar-refractivity contribution is -0.133. The lowest BCUT2D eigenvalue weighted by atomic mass is 10.0. The Morgan fingerprint density at radius 1 is 1.35 bits per heavy atom. The number of hydrogen-bond acceptors (Lipinski definition) is 3. The first kappa shape index (κ1) is 12.3. The Kier molecular flexibility index (Phi) is 3.62. The fourth-order valence-corrected chi connectivity index (χ4v) is 2.14. The predicted molar refractivity (Wildman–Crippen MR) is 65.6 cm³/mol. The first-order valence-corrected chi connectivity index (χ1v) is 6.28. The van der Waals surface area contributed by atoms with Crippen molar-refractivity contribution in [1.29, 1.82) is 0 Å². The minimum Gasteiger partial charge on any atom is -0.335 e. The zero-order valence-corrected chi connectivity index (χ0v) is 10.6. The minimum atomic E-state index is -0.0393. The van der Waals surface area contributed by atoms with Crippen molar-refractivity contribution < 1.29 is 9.59 Å². The van der Waals surface area contributed by atoms with E-state index in [-0.39, 0.29) is 11.7 Å². The van der Waals surface area contributed by atoms with Gasteiger partial charge in [0.1, 0.15) is 0 Å². The number of Topliss-reactive ketones (excluding diaryl/α,β-unsaturated/α-hetero) is 1. The number of ketones is 1. The minimum absolute atomic E-state index is 0.0191. The molecule has 2 aliphatic rings. The van der Waals surface area contributed by atoms with Crippen LogP contribution in [0.25, 0.3) is 0 Å². The average Bonchev–Trinajstić information content (AvgIpc) is 3.06. The van der Waals surface area contributed by atoms with Crippen LogP contribution in [-0.2, 0) is 9.59 Å². The molecule has 0 radical (unpaired) electrons. The van der Waals surface area contributed by atoms with Crippen LogP contribution < -0.4 is 0 Å². The number of rotatable bonds is 4. The third-order valence-electron chi connectivity index (χ3n) is 3.28. The fourth-order valence-electron chi connectivity index (χ4n) is 2.14. The van der Waals surface area contributed by atoms with Crippen LogP contribution in [0.5, 0.6) is 0 Å². The Morgan fingerprint density at radius 3 is 2.65 bits per heavy atom. The van der Waals surface area contributed by atoms with Crippen LogP contribution in [0.1, 0.15) is 25.7 Å². The van der Waals surface area contributed by atoms with Gasteiger partial charge in [0.15, 0.2) is 5.78 Å². The van der Waals surface area contributed by atoms with Crippen LogP contribution in [0, 0.1) is 0 Å². The van der Waals surface area contributed by atoms with Crippen molar-refractivity contribution >= 4 is 11.7 Å². The average molecular weight is 236 g/mol. The Hall–Kier alpha value is -1.16. The molecule has 1 amide bonds. The molecule has 0 spiro atoms. The molecule has 0 aromatic rings. The highest BCUT2D eigenvalue weighted by Gasteiger charge is 2.38. The monoisotopic (exact) mass is 236 g/mol. The second-order valence-electron chi connectivity index (χ2n) is 5.11. The third kappa shape index (κ3) is 2.94. The van der Waals surface area contributed by atoms with Crippen LogP contribution in [0.4, 0.5) is 0 Å². The quantitative estimate of drug-likeness (QED) is 0.536. The van der Waals surface area contributed by atoms with E-state index in [0.717, 1.165) is 25.8 Å². The van der Waals surface area contributed by atoms with Gasteiger partial charge in [-0.1, -0.05) is 6.08 Å². The molecule has 0 aromatic carbocycles. The van der Waals surface area contributed by atoms with E-state index in [2.05, 4.69) is 0 Å². The van der Waals surface area contributed by atoms with Crippen LogP contribution in [0.15, 0.2) is 11.6 Å². The number of nitrogens with zero attached hydrogens (tertiary/aromatic N) is 2. The van der Waals surface area contributed by atoms with E-state index >= 15 is 0 Å². The largest absolute Gasteiger partial charge is 0.335 e. The summed E-state index contributed by atoms with van der Waals surface area (Å²) in [6, 6.07) is 0.410. The summed E-state index contributed by atoms with van der Waals surface area (Å²) in [5.74, 6) is -0.0202. The molecular weight excluding hydrogens is 216 g/mol. The molecule has 2 rings (SSSR count). The molecule has 0 atom stereocenters. The Bertz CT molecular complexity index is 356. The number of piperidine rings is 1. The zero-order chi connectivity index (χ0) is 12.4. The molecular formula is C13H20N2O2. The summed E-state index contributed by atoms with van der Waals surface area (Å²) in [6.07, 6.45) is 5.28. The number of likely N-dealkylation sites (tertiary alicyclic amines) is 1. The van der Waals surface area contributed by atoms with Gasteiger partial charge in [0.25, 0.3) is 5.91 Å². The SMILES string of the molecule is CN(C)CC/C=C1\C(=O)CCN(C2CC2)C1=O.